The van der Waals surface area contributed by atoms with Crippen LogP contribution in [-0.4, -0.2) is 29.1 Å². The maximum Gasteiger partial charge on any atom is 0.303 e. The average Bonchev–Trinajstić information content (AvgIpc) is 2.75. The molecule has 2 unspecified atom stereocenters. The summed E-state index contributed by atoms with van der Waals surface area (Å²) in [7, 11) is 0. The van der Waals surface area contributed by atoms with Crippen molar-refractivity contribution < 1.29 is 9.90 Å². The Balaban J connectivity index is 2.04. The van der Waals surface area contributed by atoms with Crippen molar-refractivity contribution >= 4 is 29.2 Å². The molecule has 1 aliphatic heterocycles. The van der Waals surface area contributed by atoms with Gasteiger partial charge in [0, 0.05) is 29.1 Å². The molecule has 1 aromatic carbocycles. The van der Waals surface area contributed by atoms with Crippen molar-refractivity contribution in [1.82, 2.24) is 4.90 Å². The SMILES string of the molecule is CC(c1ccc(Cl)cc1Cl)N1CCC(CC(=O)O)C1. The number of carboxylic acid groups (broad SMARTS) is 1. The molecule has 1 aliphatic rings. The van der Waals surface area contributed by atoms with Gasteiger partial charge in [0.1, 0.15) is 0 Å². The first kappa shape index (κ1) is 14.6. The predicted molar refractivity (Wildman–Crippen MR) is 76.8 cm³/mol. The summed E-state index contributed by atoms with van der Waals surface area (Å²) in [5, 5.41) is 10.1. The number of carbonyl (C=O) groups is 1. The molecule has 0 spiro atoms. The van der Waals surface area contributed by atoms with E-state index in [1.165, 1.54) is 0 Å². The third-order valence-electron chi connectivity index (χ3n) is 3.74. The fourth-order valence-corrected chi connectivity index (χ4v) is 3.23. The standard InChI is InChI=1S/C14H17Cl2NO2/c1-9(12-3-2-11(15)7-13(12)16)17-5-4-10(8-17)6-14(18)19/h2-3,7,9-10H,4-6,8H2,1H3,(H,18,19). The molecule has 1 N–H and O–H groups in total. The number of likely N-dealkylation sites (tertiary alicyclic amines) is 1. The number of carboxylic acids is 1. The van der Waals surface area contributed by atoms with Crippen molar-refractivity contribution in [3.63, 3.8) is 0 Å². The van der Waals surface area contributed by atoms with Crippen molar-refractivity contribution in [2.45, 2.75) is 25.8 Å². The van der Waals surface area contributed by atoms with Crippen LogP contribution < -0.4 is 0 Å². The molecule has 2 rings (SSSR count). The fourth-order valence-electron chi connectivity index (χ4n) is 2.66. The number of nitrogens with zero attached hydrogens (tertiary/aromatic N) is 1. The fraction of sp³-hybridized carbons (Fsp3) is 0.500. The molecule has 19 heavy (non-hydrogen) atoms. The lowest BCUT2D eigenvalue weighted by atomic mass is 10.0. The van der Waals surface area contributed by atoms with E-state index < -0.39 is 5.97 Å². The van der Waals surface area contributed by atoms with Crippen LogP contribution in [0.25, 0.3) is 0 Å². The van der Waals surface area contributed by atoms with Crippen molar-refractivity contribution in [1.29, 1.82) is 0 Å². The minimum atomic E-state index is -0.718. The average molecular weight is 302 g/mol. The molecule has 2 atom stereocenters. The highest BCUT2D eigenvalue weighted by molar-refractivity contribution is 6.35. The monoisotopic (exact) mass is 301 g/mol. The van der Waals surface area contributed by atoms with E-state index in [-0.39, 0.29) is 18.4 Å². The predicted octanol–water partition coefficient (Wildman–Crippen LogP) is 3.85. The van der Waals surface area contributed by atoms with E-state index in [0.29, 0.717) is 10.0 Å². The Hall–Kier alpha value is -0.770. The number of hydrogen-bond acceptors (Lipinski definition) is 2. The van der Waals surface area contributed by atoms with Crippen molar-refractivity contribution in [2.24, 2.45) is 5.92 Å². The Bertz CT molecular complexity index is 479. The molecule has 0 aromatic heterocycles. The first-order valence-corrected chi connectivity index (χ1v) is 7.13. The van der Waals surface area contributed by atoms with Gasteiger partial charge in [-0.15, -0.1) is 0 Å². The van der Waals surface area contributed by atoms with E-state index in [1.807, 2.05) is 12.1 Å². The molecule has 104 valence electrons. The maximum atomic E-state index is 10.7. The molecule has 3 nitrogen and oxygen atoms in total. The van der Waals surface area contributed by atoms with E-state index in [1.54, 1.807) is 6.07 Å². The Morgan fingerprint density at radius 3 is 2.89 bits per heavy atom. The summed E-state index contributed by atoms with van der Waals surface area (Å²) in [5.74, 6) is -0.477. The summed E-state index contributed by atoms with van der Waals surface area (Å²) in [4.78, 5) is 13.0. The Labute approximate surface area is 123 Å². The Morgan fingerprint density at radius 2 is 2.26 bits per heavy atom. The van der Waals surface area contributed by atoms with Gasteiger partial charge in [0.25, 0.3) is 0 Å². The van der Waals surface area contributed by atoms with Gasteiger partial charge in [-0.1, -0.05) is 29.3 Å². The molecule has 1 saturated heterocycles. The lowest BCUT2D eigenvalue weighted by molar-refractivity contribution is -0.138. The molecule has 1 heterocycles. The third kappa shape index (κ3) is 3.62. The van der Waals surface area contributed by atoms with Crippen molar-refractivity contribution in [3.05, 3.63) is 33.8 Å². The van der Waals surface area contributed by atoms with Crippen LogP contribution in [0, 0.1) is 5.92 Å². The first-order chi connectivity index (χ1) is 8.97. The van der Waals surface area contributed by atoms with Gasteiger partial charge in [-0.25, -0.2) is 0 Å². The number of rotatable bonds is 4. The van der Waals surface area contributed by atoms with Gasteiger partial charge >= 0.3 is 5.97 Å². The van der Waals surface area contributed by atoms with Gasteiger partial charge in [-0.3, -0.25) is 9.69 Å². The number of hydrogen-bond donors (Lipinski definition) is 1. The quantitative estimate of drug-likeness (QED) is 0.918. The highest BCUT2D eigenvalue weighted by Gasteiger charge is 2.28. The zero-order chi connectivity index (χ0) is 14.0. The van der Waals surface area contributed by atoms with Gasteiger partial charge in [0.2, 0.25) is 0 Å². The smallest absolute Gasteiger partial charge is 0.303 e. The molecule has 0 saturated carbocycles. The van der Waals surface area contributed by atoms with E-state index >= 15 is 0 Å². The highest BCUT2D eigenvalue weighted by Crippen LogP contribution is 2.33. The number of halogens is 2. The maximum absolute atomic E-state index is 10.7. The van der Waals surface area contributed by atoms with Crippen LogP contribution in [0.2, 0.25) is 10.0 Å². The Kier molecular flexibility index (Phi) is 4.71. The van der Waals surface area contributed by atoms with Crippen molar-refractivity contribution in [2.75, 3.05) is 13.1 Å². The molecular formula is C14H17Cl2NO2. The summed E-state index contributed by atoms with van der Waals surface area (Å²) in [5.41, 5.74) is 1.04. The van der Waals surface area contributed by atoms with Gasteiger partial charge < -0.3 is 5.11 Å². The largest absolute Gasteiger partial charge is 0.481 e. The lowest BCUT2D eigenvalue weighted by Gasteiger charge is -2.25. The normalized spacial score (nSPS) is 21.5. The van der Waals surface area contributed by atoms with E-state index in [0.717, 1.165) is 25.1 Å². The first-order valence-electron chi connectivity index (χ1n) is 6.38. The second-order valence-electron chi connectivity index (χ2n) is 5.09. The van der Waals surface area contributed by atoms with Crippen molar-refractivity contribution in [3.8, 4) is 0 Å². The van der Waals surface area contributed by atoms with Crippen LogP contribution in [0.5, 0.6) is 0 Å². The van der Waals surface area contributed by atoms with Crippen LogP contribution in [0.4, 0.5) is 0 Å². The molecule has 0 amide bonds. The minimum absolute atomic E-state index is 0.184. The molecule has 1 aromatic rings. The van der Waals surface area contributed by atoms with Gasteiger partial charge in [0.05, 0.1) is 0 Å². The summed E-state index contributed by atoms with van der Waals surface area (Å²) in [6, 6.07) is 5.72. The van der Waals surface area contributed by atoms with E-state index in [2.05, 4.69) is 11.8 Å². The van der Waals surface area contributed by atoms with Crippen LogP contribution in [0.3, 0.4) is 0 Å². The zero-order valence-electron chi connectivity index (χ0n) is 10.8. The molecule has 0 radical (unpaired) electrons. The lowest BCUT2D eigenvalue weighted by Crippen LogP contribution is -2.25. The molecule has 1 fully saturated rings. The third-order valence-corrected chi connectivity index (χ3v) is 4.30. The zero-order valence-corrected chi connectivity index (χ0v) is 12.3. The van der Waals surface area contributed by atoms with Crippen LogP contribution >= 0.6 is 23.2 Å². The van der Waals surface area contributed by atoms with Gasteiger partial charge in [-0.2, -0.15) is 0 Å². The van der Waals surface area contributed by atoms with E-state index in [4.69, 9.17) is 28.3 Å². The van der Waals surface area contributed by atoms with Gasteiger partial charge in [0.15, 0.2) is 0 Å². The molecule has 0 bridgehead atoms. The van der Waals surface area contributed by atoms with Crippen LogP contribution in [0.15, 0.2) is 18.2 Å². The summed E-state index contributed by atoms with van der Waals surface area (Å²) in [6.07, 6.45) is 1.18. The summed E-state index contributed by atoms with van der Waals surface area (Å²) < 4.78 is 0. The Morgan fingerprint density at radius 1 is 1.53 bits per heavy atom. The number of aliphatic carboxylic acids is 1. The van der Waals surface area contributed by atoms with E-state index in [9.17, 15) is 4.79 Å². The summed E-state index contributed by atoms with van der Waals surface area (Å²) in [6.45, 7) is 3.82. The topological polar surface area (TPSA) is 40.5 Å². The molecule has 5 heteroatoms. The highest BCUT2D eigenvalue weighted by atomic mass is 35.5. The molecular weight excluding hydrogens is 285 g/mol. The second kappa shape index (κ2) is 6.12. The minimum Gasteiger partial charge on any atom is -0.481 e. The summed E-state index contributed by atoms with van der Waals surface area (Å²) >= 11 is 12.1. The molecule has 0 aliphatic carbocycles. The van der Waals surface area contributed by atoms with Crippen LogP contribution in [0.1, 0.15) is 31.4 Å². The van der Waals surface area contributed by atoms with Gasteiger partial charge in [-0.05, 0) is 43.5 Å². The number of benzene rings is 1. The van der Waals surface area contributed by atoms with Crippen LogP contribution in [-0.2, 0) is 4.79 Å². The second-order valence-corrected chi connectivity index (χ2v) is 5.93.